The molecular formula is C6H12N2O4S. The van der Waals surface area contributed by atoms with Crippen molar-refractivity contribution in [2.45, 2.75) is 37.8 Å². The number of rotatable bonds is 3. The van der Waals surface area contributed by atoms with Crippen molar-refractivity contribution in [2.24, 2.45) is 5.18 Å². The Hall–Kier alpha value is -0.530. The van der Waals surface area contributed by atoms with Gasteiger partial charge in [-0.3, -0.25) is 4.55 Å². The fourth-order valence-corrected chi connectivity index (χ4v) is 2.31. The second-order valence-electron chi connectivity index (χ2n) is 3.26. The van der Waals surface area contributed by atoms with Gasteiger partial charge in [0.15, 0.2) is 5.66 Å². The van der Waals surface area contributed by atoms with Crippen LogP contribution in [0.5, 0.6) is 0 Å². The van der Waals surface area contributed by atoms with Crippen LogP contribution < -0.4 is 4.72 Å². The van der Waals surface area contributed by atoms with E-state index in [1.807, 2.05) is 4.72 Å². The van der Waals surface area contributed by atoms with E-state index in [0.717, 1.165) is 19.3 Å². The van der Waals surface area contributed by atoms with Gasteiger partial charge in [0.1, 0.15) is 0 Å². The second kappa shape index (κ2) is 3.69. The molecule has 7 heteroatoms. The van der Waals surface area contributed by atoms with Gasteiger partial charge in [0, 0.05) is 0 Å². The summed E-state index contributed by atoms with van der Waals surface area (Å²) in [7, 11) is -4.34. The summed E-state index contributed by atoms with van der Waals surface area (Å²) in [6.45, 7) is 0. The van der Waals surface area contributed by atoms with E-state index in [2.05, 4.69) is 5.18 Å². The zero-order chi connectivity index (χ0) is 9.95. The molecule has 0 atom stereocenters. The SMILES string of the molecule is O=NC1(NS(=O)(=O)O)CCCCC1. The van der Waals surface area contributed by atoms with E-state index in [-0.39, 0.29) is 0 Å². The zero-order valence-corrected chi connectivity index (χ0v) is 7.88. The first-order valence-electron chi connectivity index (χ1n) is 4.08. The number of nitrogens with one attached hydrogen (secondary N) is 1. The molecule has 6 nitrogen and oxygen atoms in total. The van der Waals surface area contributed by atoms with Crippen LogP contribution in [0.4, 0.5) is 0 Å². The van der Waals surface area contributed by atoms with Gasteiger partial charge in [-0.15, -0.1) is 4.91 Å². The van der Waals surface area contributed by atoms with Crippen molar-refractivity contribution in [3.63, 3.8) is 0 Å². The highest BCUT2D eigenvalue weighted by molar-refractivity contribution is 7.83. The standard InChI is InChI=1S/C6H12N2O4S/c9-7-6(8-13(10,11)12)4-2-1-3-5-6/h8H,1-5H2,(H,10,11,12). The fourth-order valence-electron chi connectivity index (χ4n) is 1.59. The molecule has 0 amide bonds. The first-order valence-corrected chi connectivity index (χ1v) is 5.52. The van der Waals surface area contributed by atoms with Crippen molar-refractivity contribution in [1.29, 1.82) is 0 Å². The summed E-state index contributed by atoms with van der Waals surface area (Å²) < 4.78 is 31.4. The topological polar surface area (TPSA) is 95.8 Å². The Balaban J connectivity index is 2.74. The molecule has 2 N–H and O–H groups in total. The van der Waals surface area contributed by atoms with E-state index < -0.39 is 16.0 Å². The molecule has 0 radical (unpaired) electrons. The van der Waals surface area contributed by atoms with Gasteiger partial charge < -0.3 is 0 Å². The Morgan fingerprint density at radius 3 is 2.15 bits per heavy atom. The van der Waals surface area contributed by atoms with Crippen LogP contribution in [0.1, 0.15) is 32.1 Å². The summed E-state index contributed by atoms with van der Waals surface area (Å²) in [6.07, 6.45) is 3.17. The van der Waals surface area contributed by atoms with Crippen LogP contribution in [0.15, 0.2) is 5.18 Å². The minimum absolute atomic E-state index is 0.357. The van der Waals surface area contributed by atoms with Crippen LogP contribution in [0.2, 0.25) is 0 Å². The third-order valence-electron chi connectivity index (χ3n) is 2.17. The minimum atomic E-state index is -4.34. The molecule has 0 spiro atoms. The van der Waals surface area contributed by atoms with Crippen LogP contribution in [-0.2, 0) is 10.3 Å². The first-order chi connectivity index (χ1) is 5.97. The molecule has 0 aromatic carbocycles. The first kappa shape index (κ1) is 10.6. The Morgan fingerprint density at radius 1 is 1.23 bits per heavy atom. The molecular weight excluding hydrogens is 196 g/mol. The number of nitrogens with zero attached hydrogens (tertiary/aromatic N) is 1. The molecule has 1 aliphatic carbocycles. The van der Waals surface area contributed by atoms with Crippen LogP contribution in [-0.4, -0.2) is 18.6 Å². The predicted octanol–water partition coefficient (Wildman–Crippen LogP) is 0.806. The average molecular weight is 208 g/mol. The molecule has 0 heterocycles. The van der Waals surface area contributed by atoms with Crippen LogP contribution in [0, 0.1) is 4.91 Å². The van der Waals surface area contributed by atoms with Crippen molar-refractivity contribution >= 4 is 10.3 Å². The Kier molecular flexibility index (Phi) is 2.99. The lowest BCUT2D eigenvalue weighted by Gasteiger charge is -2.29. The van der Waals surface area contributed by atoms with Gasteiger partial charge in [-0.25, -0.2) is 0 Å². The maximum atomic E-state index is 10.5. The molecule has 0 aromatic rings. The smallest absolute Gasteiger partial charge is 0.273 e. The van der Waals surface area contributed by atoms with E-state index in [9.17, 15) is 13.3 Å². The summed E-state index contributed by atoms with van der Waals surface area (Å²) in [5.74, 6) is 0. The molecule has 1 saturated carbocycles. The lowest BCUT2D eigenvalue weighted by molar-refractivity contribution is 0.269. The average Bonchev–Trinajstić information content (AvgIpc) is 2.03. The quantitative estimate of drug-likeness (QED) is 0.529. The molecule has 13 heavy (non-hydrogen) atoms. The van der Waals surface area contributed by atoms with Crippen LogP contribution in [0.3, 0.4) is 0 Å². The molecule has 1 rings (SSSR count). The Morgan fingerprint density at radius 2 is 1.77 bits per heavy atom. The van der Waals surface area contributed by atoms with Crippen LogP contribution in [0.25, 0.3) is 0 Å². The maximum Gasteiger partial charge on any atom is 0.335 e. The van der Waals surface area contributed by atoms with Gasteiger partial charge in [-0.1, -0.05) is 6.42 Å². The van der Waals surface area contributed by atoms with Crippen molar-refractivity contribution < 1.29 is 13.0 Å². The molecule has 0 unspecified atom stereocenters. The number of hydrogen-bond acceptors (Lipinski definition) is 4. The molecule has 1 aliphatic rings. The molecule has 76 valence electrons. The molecule has 0 aromatic heterocycles. The maximum absolute atomic E-state index is 10.5. The summed E-state index contributed by atoms with van der Waals surface area (Å²) in [6, 6.07) is 0. The highest BCUT2D eigenvalue weighted by Gasteiger charge is 2.36. The summed E-state index contributed by atoms with van der Waals surface area (Å²) in [5, 5.41) is 2.76. The van der Waals surface area contributed by atoms with E-state index in [1.165, 1.54) is 0 Å². The monoisotopic (exact) mass is 208 g/mol. The fraction of sp³-hybridized carbons (Fsp3) is 1.00. The summed E-state index contributed by atoms with van der Waals surface area (Å²) in [4.78, 5) is 10.5. The third kappa shape index (κ3) is 3.02. The van der Waals surface area contributed by atoms with E-state index >= 15 is 0 Å². The van der Waals surface area contributed by atoms with Crippen LogP contribution >= 0.6 is 0 Å². The van der Waals surface area contributed by atoms with Gasteiger partial charge in [0.05, 0.1) is 0 Å². The van der Waals surface area contributed by atoms with Gasteiger partial charge in [-0.2, -0.15) is 13.1 Å². The summed E-state index contributed by atoms with van der Waals surface area (Å²) >= 11 is 0. The highest BCUT2D eigenvalue weighted by atomic mass is 32.2. The van der Waals surface area contributed by atoms with Gasteiger partial charge in [-0.05, 0) is 30.9 Å². The van der Waals surface area contributed by atoms with Crippen molar-refractivity contribution in [1.82, 2.24) is 4.72 Å². The molecule has 0 saturated heterocycles. The minimum Gasteiger partial charge on any atom is -0.273 e. The number of nitroso groups, excluding NO2 is 1. The lowest BCUT2D eigenvalue weighted by Crippen LogP contribution is -2.47. The Labute approximate surface area is 76.6 Å². The molecule has 0 bridgehead atoms. The van der Waals surface area contributed by atoms with E-state index in [4.69, 9.17) is 4.55 Å². The lowest BCUT2D eigenvalue weighted by atomic mass is 9.91. The number of hydrogen-bond donors (Lipinski definition) is 2. The van der Waals surface area contributed by atoms with Crippen molar-refractivity contribution in [3.8, 4) is 0 Å². The Bertz CT molecular complexity index is 281. The normalized spacial score (nSPS) is 22.5. The molecule has 0 aliphatic heterocycles. The van der Waals surface area contributed by atoms with Crippen molar-refractivity contribution in [3.05, 3.63) is 4.91 Å². The highest BCUT2D eigenvalue weighted by Crippen LogP contribution is 2.29. The zero-order valence-electron chi connectivity index (χ0n) is 7.06. The van der Waals surface area contributed by atoms with E-state index in [1.54, 1.807) is 0 Å². The van der Waals surface area contributed by atoms with Gasteiger partial charge in [0.2, 0.25) is 0 Å². The van der Waals surface area contributed by atoms with Gasteiger partial charge in [0.25, 0.3) is 0 Å². The largest absolute Gasteiger partial charge is 0.335 e. The summed E-state index contributed by atoms with van der Waals surface area (Å²) in [5.41, 5.74) is -1.31. The van der Waals surface area contributed by atoms with Gasteiger partial charge >= 0.3 is 10.3 Å². The molecule has 1 fully saturated rings. The predicted molar refractivity (Wildman–Crippen MR) is 46.3 cm³/mol. The second-order valence-corrected chi connectivity index (χ2v) is 4.41. The third-order valence-corrected chi connectivity index (χ3v) is 2.81. The van der Waals surface area contributed by atoms with Crippen molar-refractivity contribution in [2.75, 3.05) is 0 Å². The van der Waals surface area contributed by atoms with E-state index in [0.29, 0.717) is 12.8 Å².